The van der Waals surface area contributed by atoms with Crippen LogP contribution >= 0.6 is 0 Å². The zero-order valence-corrected chi connectivity index (χ0v) is 11.3. The lowest BCUT2D eigenvalue weighted by Crippen LogP contribution is -2.43. The topological polar surface area (TPSA) is 84.7 Å². The number of nitrogens with one attached hydrogen (secondary N) is 1. The van der Waals surface area contributed by atoms with Crippen LogP contribution in [0.15, 0.2) is 24.3 Å². The van der Waals surface area contributed by atoms with Gasteiger partial charge in [0.1, 0.15) is 0 Å². The van der Waals surface area contributed by atoms with Crippen LogP contribution in [0.25, 0.3) is 0 Å². The minimum absolute atomic E-state index is 0.190. The highest BCUT2D eigenvalue weighted by Crippen LogP contribution is 2.17. The lowest BCUT2D eigenvalue weighted by molar-refractivity contribution is -0.146. The molecule has 1 aromatic rings. The molecule has 104 valence electrons. The summed E-state index contributed by atoms with van der Waals surface area (Å²) in [5.74, 6) is -1.32. The maximum absolute atomic E-state index is 11.8. The Bertz CT molecular complexity index is 460. The first kappa shape index (κ1) is 15.0. The fourth-order valence-electron chi connectivity index (χ4n) is 1.42. The van der Waals surface area contributed by atoms with E-state index in [1.807, 2.05) is 25.1 Å². The monoisotopic (exact) mass is 265 g/mol. The molecule has 1 amide bonds. The molecule has 0 aliphatic carbocycles. The third-order valence-electron chi connectivity index (χ3n) is 2.45. The van der Waals surface area contributed by atoms with Gasteiger partial charge in [-0.2, -0.15) is 0 Å². The van der Waals surface area contributed by atoms with Crippen molar-refractivity contribution in [2.45, 2.75) is 13.0 Å². The summed E-state index contributed by atoms with van der Waals surface area (Å²) in [5.41, 5.74) is 7.01. The van der Waals surface area contributed by atoms with Crippen molar-refractivity contribution in [2.75, 3.05) is 30.9 Å². The van der Waals surface area contributed by atoms with Gasteiger partial charge in [-0.3, -0.25) is 4.79 Å². The first-order valence-corrected chi connectivity index (χ1v) is 5.96. The number of carbonyl (C=O) groups is 2. The zero-order valence-electron chi connectivity index (χ0n) is 11.3. The predicted octanol–water partition coefficient (Wildman–Crippen LogP) is 0.582. The molecule has 0 aliphatic rings. The summed E-state index contributed by atoms with van der Waals surface area (Å²) >= 11 is 0. The van der Waals surface area contributed by atoms with Gasteiger partial charge in [0.15, 0.2) is 6.04 Å². The van der Waals surface area contributed by atoms with Gasteiger partial charge in [-0.25, -0.2) is 4.79 Å². The molecule has 6 heteroatoms. The van der Waals surface area contributed by atoms with Gasteiger partial charge in [-0.05, 0) is 25.1 Å². The number of carbonyl (C=O) groups excluding carboxylic acids is 2. The van der Waals surface area contributed by atoms with E-state index in [0.29, 0.717) is 5.69 Å². The van der Waals surface area contributed by atoms with E-state index in [0.717, 1.165) is 5.69 Å². The number of nitrogens with two attached hydrogens (primary N) is 1. The lowest BCUT2D eigenvalue weighted by atomic mass is 10.2. The van der Waals surface area contributed by atoms with Crippen LogP contribution in [0.4, 0.5) is 11.4 Å². The quantitative estimate of drug-likeness (QED) is 0.601. The van der Waals surface area contributed by atoms with Crippen molar-refractivity contribution >= 4 is 23.3 Å². The highest BCUT2D eigenvalue weighted by atomic mass is 16.5. The van der Waals surface area contributed by atoms with Crippen LogP contribution in [0.1, 0.15) is 6.92 Å². The molecule has 1 unspecified atom stereocenters. The number of amides is 1. The Morgan fingerprint density at radius 3 is 2.68 bits per heavy atom. The molecule has 6 nitrogen and oxygen atoms in total. The van der Waals surface area contributed by atoms with Crippen molar-refractivity contribution in [3.8, 4) is 0 Å². The summed E-state index contributed by atoms with van der Waals surface area (Å²) in [6.07, 6.45) is 0. The molecule has 0 radical (unpaired) electrons. The molecule has 3 N–H and O–H groups in total. The minimum Gasteiger partial charge on any atom is -0.464 e. The van der Waals surface area contributed by atoms with E-state index in [1.165, 1.54) is 0 Å². The molecule has 0 bridgehead atoms. The second-order valence-electron chi connectivity index (χ2n) is 4.16. The molecule has 0 spiro atoms. The summed E-state index contributed by atoms with van der Waals surface area (Å²) in [5, 5.41) is 2.58. The zero-order chi connectivity index (χ0) is 14.4. The van der Waals surface area contributed by atoms with Gasteiger partial charge in [-0.15, -0.1) is 0 Å². The van der Waals surface area contributed by atoms with Crippen LogP contribution in [0.2, 0.25) is 0 Å². The Morgan fingerprint density at radius 2 is 2.11 bits per heavy atom. The number of esters is 1. The first-order chi connectivity index (χ1) is 8.95. The highest BCUT2D eigenvalue weighted by molar-refractivity contribution is 6.08. The maximum Gasteiger partial charge on any atom is 0.332 e. The van der Waals surface area contributed by atoms with Crippen LogP contribution < -0.4 is 16.0 Å². The van der Waals surface area contributed by atoms with Crippen LogP contribution in [-0.4, -0.2) is 38.6 Å². The van der Waals surface area contributed by atoms with E-state index < -0.39 is 17.9 Å². The van der Waals surface area contributed by atoms with Crippen LogP contribution in [0.5, 0.6) is 0 Å². The molecule has 0 aliphatic heterocycles. The molecule has 19 heavy (non-hydrogen) atoms. The highest BCUT2D eigenvalue weighted by Gasteiger charge is 2.23. The molecule has 1 aromatic carbocycles. The predicted molar refractivity (Wildman–Crippen MR) is 74.0 cm³/mol. The maximum atomic E-state index is 11.8. The van der Waals surface area contributed by atoms with Crippen molar-refractivity contribution in [1.82, 2.24) is 0 Å². The standard InChI is InChI=1S/C13H19N3O3/c1-4-19-13(18)11(14)12(17)15-9-6-5-7-10(8-9)16(2)3/h5-8,11H,4,14H2,1-3H3,(H,15,17). The lowest BCUT2D eigenvalue weighted by Gasteiger charge is -2.15. The SMILES string of the molecule is CCOC(=O)C(N)C(=O)Nc1cccc(N(C)C)c1. The number of anilines is 2. The Kier molecular flexibility index (Phi) is 5.32. The third kappa shape index (κ3) is 4.26. The van der Waals surface area contributed by atoms with Crippen molar-refractivity contribution in [2.24, 2.45) is 5.73 Å². The van der Waals surface area contributed by atoms with Gasteiger partial charge >= 0.3 is 5.97 Å². The van der Waals surface area contributed by atoms with E-state index in [9.17, 15) is 9.59 Å². The molecule has 0 heterocycles. The number of ether oxygens (including phenoxy) is 1. The van der Waals surface area contributed by atoms with Crippen LogP contribution in [0.3, 0.4) is 0 Å². The summed E-state index contributed by atoms with van der Waals surface area (Å²) in [6, 6.07) is 5.91. The number of rotatable bonds is 5. The minimum atomic E-state index is -1.32. The molecular formula is C13H19N3O3. The van der Waals surface area contributed by atoms with Crippen LogP contribution in [0, 0.1) is 0 Å². The van der Waals surface area contributed by atoms with E-state index in [-0.39, 0.29) is 6.61 Å². The molecule has 0 fully saturated rings. The molecule has 0 saturated carbocycles. The van der Waals surface area contributed by atoms with E-state index in [2.05, 4.69) is 5.32 Å². The second-order valence-corrected chi connectivity index (χ2v) is 4.16. The average molecular weight is 265 g/mol. The van der Waals surface area contributed by atoms with E-state index in [4.69, 9.17) is 10.5 Å². The summed E-state index contributed by atoms with van der Waals surface area (Å²) in [4.78, 5) is 25.0. The Balaban J connectivity index is 2.71. The second kappa shape index (κ2) is 6.75. The molecule has 1 atom stereocenters. The molecule has 0 saturated heterocycles. The Morgan fingerprint density at radius 1 is 1.42 bits per heavy atom. The third-order valence-corrected chi connectivity index (χ3v) is 2.45. The smallest absolute Gasteiger partial charge is 0.332 e. The van der Waals surface area contributed by atoms with Gasteiger partial charge < -0.3 is 20.7 Å². The van der Waals surface area contributed by atoms with Crippen molar-refractivity contribution < 1.29 is 14.3 Å². The van der Waals surface area contributed by atoms with Crippen molar-refractivity contribution in [1.29, 1.82) is 0 Å². The van der Waals surface area contributed by atoms with Crippen molar-refractivity contribution in [3.63, 3.8) is 0 Å². The van der Waals surface area contributed by atoms with Gasteiger partial charge in [-0.1, -0.05) is 6.07 Å². The summed E-state index contributed by atoms with van der Waals surface area (Å²) in [6.45, 7) is 1.85. The van der Waals surface area contributed by atoms with Gasteiger partial charge in [0.25, 0.3) is 5.91 Å². The number of nitrogens with zero attached hydrogens (tertiary/aromatic N) is 1. The normalized spacial score (nSPS) is 11.6. The van der Waals surface area contributed by atoms with Crippen molar-refractivity contribution in [3.05, 3.63) is 24.3 Å². The van der Waals surface area contributed by atoms with Gasteiger partial charge in [0, 0.05) is 25.5 Å². The Hall–Kier alpha value is -2.08. The van der Waals surface area contributed by atoms with Gasteiger partial charge in [0.2, 0.25) is 0 Å². The number of benzene rings is 1. The fraction of sp³-hybridized carbons (Fsp3) is 0.385. The van der Waals surface area contributed by atoms with Crippen LogP contribution in [-0.2, 0) is 14.3 Å². The summed E-state index contributed by atoms with van der Waals surface area (Å²) < 4.78 is 4.69. The fourth-order valence-corrected chi connectivity index (χ4v) is 1.42. The largest absolute Gasteiger partial charge is 0.464 e. The average Bonchev–Trinajstić information content (AvgIpc) is 2.38. The van der Waals surface area contributed by atoms with E-state index >= 15 is 0 Å². The molecule has 1 rings (SSSR count). The summed E-state index contributed by atoms with van der Waals surface area (Å²) in [7, 11) is 3.79. The number of hydrogen-bond donors (Lipinski definition) is 2. The van der Waals surface area contributed by atoms with Gasteiger partial charge in [0.05, 0.1) is 6.61 Å². The first-order valence-electron chi connectivity index (χ1n) is 5.96. The van der Waals surface area contributed by atoms with E-state index in [1.54, 1.807) is 25.1 Å². The Labute approximate surface area is 112 Å². The molecule has 0 aromatic heterocycles. The molecular weight excluding hydrogens is 246 g/mol. The number of hydrogen-bond acceptors (Lipinski definition) is 5.